The lowest BCUT2D eigenvalue weighted by molar-refractivity contribution is -0.115. The maximum Gasteiger partial charge on any atom is 0.237 e. The number of aryl methyl sites for hydroxylation is 1. The standard InChI is InChI=1S/C17H17ClN4OS/c1-3-22-14-9-5-4-7-12(14)21-17(22)24-11(2)16(23)20-13-8-6-10-19-15(13)18/h4-11H,3H2,1-2H3,(H,20,23). The van der Waals surface area contributed by atoms with E-state index in [2.05, 4.69) is 26.8 Å². The number of aromatic nitrogens is 3. The average molecular weight is 361 g/mol. The molecule has 0 radical (unpaired) electrons. The average Bonchev–Trinajstić information content (AvgIpc) is 2.93. The van der Waals surface area contributed by atoms with Crippen molar-refractivity contribution < 1.29 is 4.79 Å². The number of thioether (sulfide) groups is 1. The largest absolute Gasteiger partial charge is 0.322 e. The summed E-state index contributed by atoms with van der Waals surface area (Å²) in [6.45, 7) is 4.72. The van der Waals surface area contributed by atoms with E-state index in [9.17, 15) is 4.79 Å². The number of nitrogens with zero attached hydrogens (tertiary/aromatic N) is 3. The van der Waals surface area contributed by atoms with Crippen LogP contribution in [-0.4, -0.2) is 25.7 Å². The van der Waals surface area contributed by atoms with Crippen LogP contribution in [0, 0.1) is 0 Å². The van der Waals surface area contributed by atoms with Gasteiger partial charge in [0.05, 0.1) is 22.0 Å². The molecule has 7 heteroatoms. The molecule has 1 N–H and O–H groups in total. The smallest absolute Gasteiger partial charge is 0.237 e. The third kappa shape index (κ3) is 3.39. The molecule has 0 saturated heterocycles. The van der Waals surface area contributed by atoms with E-state index >= 15 is 0 Å². The van der Waals surface area contributed by atoms with E-state index in [1.54, 1.807) is 18.3 Å². The Labute approximate surface area is 149 Å². The van der Waals surface area contributed by atoms with E-state index in [1.165, 1.54) is 11.8 Å². The lowest BCUT2D eigenvalue weighted by Gasteiger charge is -2.13. The number of hydrogen-bond donors (Lipinski definition) is 1. The number of carbonyl (C=O) groups is 1. The normalized spacial score (nSPS) is 12.3. The first-order valence-electron chi connectivity index (χ1n) is 7.63. The number of benzene rings is 1. The molecule has 0 fully saturated rings. The Morgan fingerprint density at radius 2 is 2.12 bits per heavy atom. The van der Waals surface area contributed by atoms with E-state index in [0.717, 1.165) is 22.7 Å². The molecule has 0 spiro atoms. The summed E-state index contributed by atoms with van der Waals surface area (Å²) >= 11 is 7.42. The number of halogens is 1. The van der Waals surface area contributed by atoms with Gasteiger partial charge in [0.15, 0.2) is 10.3 Å². The summed E-state index contributed by atoms with van der Waals surface area (Å²) in [5.74, 6) is -0.135. The van der Waals surface area contributed by atoms with Crippen LogP contribution < -0.4 is 5.32 Å². The van der Waals surface area contributed by atoms with Crippen molar-refractivity contribution in [1.82, 2.24) is 14.5 Å². The summed E-state index contributed by atoms with van der Waals surface area (Å²) in [4.78, 5) is 21.0. The van der Waals surface area contributed by atoms with Crippen molar-refractivity contribution in [2.24, 2.45) is 0 Å². The Bertz CT molecular complexity index is 880. The minimum absolute atomic E-state index is 0.135. The highest BCUT2D eigenvalue weighted by Gasteiger charge is 2.19. The van der Waals surface area contributed by atoms with E-state index in [1.807, 2.05) is 31.2 Å². The molecule has 24 heavy (non-hydrogen) atoms. The molecule has 0 bridgehead atoms. The number of nitrogens with one attached hydrogen (secondary N) is 1. The van der Waals surface area contributed by atoms with Gasteiger partial charge in [-0.2, -0.15) is 0 Å². The Kier molecular flexibility index (Phi) is 5.06. The quantitative estimate of drug-likeness (QED) is 0.546. The van der Waals surface area contributed by atoms with Gasteiger partial charge >= 0.3 is 0 Å². The van der Waals surface area contributed by atoms with Gasteiger partial charge < -0.3 is 9.88 Å². The van der Waals surface area contributed by atoms with Crippen molar-refractivity contribution in [3.63, 3.8) is 0 Å². The van der Waals surface area contributed by atoms with Crippen molar-refractivity contribution in [1.29, 1.82) is 0 Å². The third-order valence-corrected chi connectivity index (χ3v) is 5.00. The van der Waals surface area contributed by atoms with Gasteiger partial charge in [-0.15, -0.1) is 0 Å². The zero-order valence-corrected chi connectivity index (χ0v) is 14.9. The van der Waals surface area contributed by atoms with Crippen LogP contribution in [0.2, 0.25) is 5.15 Å². The fourth-order valence-corrected chi connectivity index (χ4v) is 3.53. The third-order valence-electron chi connectivity index (χ3n) is 3.60. The Morgan fingerprint density at radius 3 is 2.88 bits per heavy atom. The van der Waals surface area contributed by atoms with E-state index in [0.29, 0.717) is 5.69 Å². The molecule has 0 aliphatic carbocycles. The zero-order valence-electron chi connectivity index (χ0n) is 13.4. The molecule has 1 amide bonds. The number of imidazole rings is 1. The molecule has 3 aromatic rings. The molecule has 2 aromatic heterocycles. The van der Waals surface area contributed by atoms with Crippen LogP contribution in [0.4, 0.5) is 5.69 Å². The monoisotopic (exact) mass is 360 g/mol. The Morgan fingerprint density at radius 1 is 1.33 bits per heavy atom. The lowest BCUT2D eigenvalue weighted by Crippen LogP contribution is -2.23. The summed E-state index contributed by atoms with van der Waals surface area (Å²) in [6.07, 6.45) is 1.58. The van der Waals surface area contributed by atoms with Crippen LogP contribution in [0.3, 0.4) is 0 Å². The summed E-state index contributed by atoms with van der Waals surface area (Å²) in [7, 11) is 0. The maximum atomic E-state index is 12.4. The molecule has 124 valence electrons. The first kappa shape index (κ1) is 16.8. The minimum atomic E-state index is -0.316. The van der Waals surface area contributed by atoms with Crippen molar-refractivity contribution >= 4 is 46.0 Å². The fraction of sp³-hybridized carbons (Fsp3) is 0.235. The van der Waals surface area contributed by atoms with Crippen LogP contribution in [0.5, 0.6) is 0 Å². The maximum absolute atomic E-state index is 12.4. The van der Waals surface area contributed by atoms with Gasteiger partial charge in [-0.05, 0) is 38.1 Å². The van der Waals surface area contributed by atoms with Crippen LogP contribution in [0.25, 0.3) is 11.0 Å². The van der Waals surface area contributed by atoms with Gasteiger partial charge in [-0.1, -0.05) is 35.5 Å². The van der Waals surface area contributed by atoms with Gasteiger partial charge in [0.25, 0.3) is 0 Å². The van der Waals surface area contributed by atoms with Crippen molar-refractivity contribution in [3.8, 4) is 0 Å². The van der Waals surface area contributed by atoms with Gasteiger partial charge in [-0.3, -0.25) is 4.79 Å². The number of anilines is 1. The van der Waals surface area contributed by atoms with Crippen molar-refractivity contribution in [2.75, 3.05) is 5.32 Å². The number of hydrogen-bond acceptors (Lipinski definition) is 4. The van der Waals surface area contributed by atoms with Gasteiger partial charge in [0.2, 0.25) is 5.91 Å². The number of rotatable bonds is 5. The van der Waals surface area contributed by atoms with Crippen LogP contribution in [0.15, 0.2) is 47.8 Å². The van der Waals surface area contributed by atoms with Crippen molar-refractivity contribution in [3.05, 3.63) is 47.7 Å². The summed E-state index contributed by atoms with van der Waals surface area (Å²) in [5.41, 5.74) is 2.52. The van der Waals surface area contributed by atoms with E-state index in [4.69, 9.17) is 11.6 Å². The number of carbonyl (C=O) groups excluding carboxylic acids is 1. The lowest BCUT2D eigenvalue weighted by atomic mass is 10.3. The Hall–Kier alpha value is -2.05. The van der Waals surface area contributed by atoms with Gasteiger partial charge in [0.1, 0.15) is 0 Å². The molecule has 1 unspecified atom stereocenters. The molecular weight excluding hydrogens is 344 g/mol. The SMILES string of the molecule is CCn1c(SC(C)C(=O)Nc2cccnc2Cl)nc2ccccc21. The molecule has 0 saturated carbocycles. The topological polar surface area (TPSA) is 59.8 Å². The minimum Gasteiger partial charge on any atom is -0.322 e. The highest BCUT2D eigenvalue weighted by atomic mass is 35.5. The molecule has 5 nitrogen and oxygen atoms in total. The Balaban J connectivity index is 1.78. The highest BCUT2D eigenvalue weighted by molar-refractivity contribution is 8.00. The van der Waals surface area contributed by atoms with Gasteiger partial charge in [-0.25, -0.2) is 9.97 Å². The molecule has 3 rings (SSSR count). The highest BCUT2D eigenvalue weighted by Crippen LogP contribution is 2.28. The molecular formula is C17H17ClN4OS. The summed E-state index contributed by atoms with van der Waals surface area (Å²) < 4.78 is 2.11. The van der Waals surface area contributed by atoms with Crippen LogP contribution in [0.1, 0.15) is 13.8 Å². The molecule has 1 atom stereocenters. The molecule has 2 heterocycles. The van der Waals surface area contributed by atoms with E-state index < -0.39 is 0 Å². The van der Waals surface area contributed by atoms with Gasteiger partial charge in [0, 0.05) is 12.7 Å². The first-order chi connectivity index (χ1) is 11.6. The van der Waals surface area contributed by atoms with E-state index in [-0.39, 0.29) is 16.3 Å². The fourth-order valence-electron chi connectivity index (χ4n) is 2.37. The number of fused-ring (bicyclic) bond motifs is 1. The predicted molar refractivity (Wildman–Crippen MR) is 98.6 cm³/mol. The van der Waals surface area contributed by atoms with Crippen LogP contribution >= 0.6 is 23.4 Å². The van der Waals surface area contributed by atoms with Crippen LogP contribution in [-0.2, 0) is 11.3 Å². The number of pyridine rings is 1. The summed E-state index contributed by atoms with van der Waals surface area (Å²) in [6, 6.07) is 11.4. The second-order valence-corrected chi connectivity index (χ2v) is 6.88. The molecule has 1 aromatic carbocycles. The first-order valence-corrected chi connectivity index (χ1v) is 8.89. The second kappa shape index (κ2) is 7.23. The zero-order chi connectivity index (χ0) is 17.1. The summed E-state index contributed by atoms with van der Waals surface area (Å²) in [5, 5.41) is 3.61. The molecule has 0 aliphatic rings. The molecule has 0 aliphatic heterocycles. The van der Waals surface area contributed by atoms with Crippen molar-refractivity contribution in [2.45, 2.75) is 30.8 Å². The number of para-hydroxylation sites is 2. The number of amides is 1. The second-order valence-electron chi connectivity index (χ2n) is 5.22. The predicted octanol–water partition coefficient (Wildman–Crippen LogP) is 4.22.